The molecule has 15 heavy (non-hydrogen) atoms. The highest BCUT2D eigenvalue weighted by molar-refractivity contribution is 5.79. The monoisotopic (exact) mass is 218 g/mol. The summed E-state index contributed by atoms with van der Waals surface area (Å²) in [4.78, 5) is 4.23. The molecule has 0 aliphatic heterocycles. The molecular weight excluding hydrogens is 196 g/mol. The third-order valence-electron chi connectivity index (χ3n) is 1.73. The molecule has 0 rings (SSSR count). The minimum atomic E-state index is 0.613. The van der Waals surface area contributed by atoms with Crippen LogP contribution in [0.25, 0.3) is 0 Å². The van der Waals surface area contributed by atoms with Crippen molar-refractivity contribution in [3.05, 3.63) is 0 Å². The lowest BCUT2D eigenvalue weighted by atomic mass is 10.4. The maximum absolute atomic E-state index is 5.30. The Bertz CT molecular complexity index is 164. The normalized spacial score (nSPS) is 11.5. The van der Waals surface area contributed by atoms with Gasteiger partial charge in [-0.05, 0) is 12.8 Å². The lowest BCUT2D eigenvalue weighted by Gasteiger charge is -2.08. The Morgan fingerprint density at radius 1 is 1.20 bits per heavy atom. The number of aliphatic imine (C=N–C) groups is 1. The molecule has 0 atom stereocenters. The lowest BCUT2D eigenvalue weighted by molar-refractivity contribution is 0.195. The zero-order chi connectivity index (χ0) is 11.4. The standard InChI is InChI=1S/C9H22N4O2/c1-14-7-3-5-11-9(13-10)12-6-4-8-15-2/h3-8,10H2,1-2H3,(H2,11,12,13). The Morgan fingerprint density at radius 2 is 1.87 bits per heavy atom. The molecule has 0 aromatic rings. The van der Waals surface area contributed by atoms with Gasteiger partial charge in [0.05, 0.1) is 0 Å². The molecule has 4 N–H and O–H groups in total. The Balaban J connectivity index is 3.51. The molecule has 0 fully saturated rings. The van der Waals surface area contributed by atoms with E-state index in [9.17, 15) is 0 Å². The van der Waals surface area contributed by atoms with Gasteiger partial charge in [0.1, 0.15) is 0 Å². The number of rotatable bonds is 8. The van der Waals surface area contributed by atoms with E-state index in [-0.39, 0.29) is 0 Å². The third kappa shape index (κ3) is 9.45. The molecule has 90 valence electrons. The predicted octanol–water partition coefficient (Wildman–Crippen LogP) is -0.532. The summed E-state index contributed by atoms with van der Waals surface area (Å²) in [6.45, 7) is 2.94. The lowest BCUT2D eigenvalue weighted by Crippen LogP contribution is -2.42. The van der Waals surface area contributed by atoms with Crippen LogP contribution in [0, 0.1) is 0 Å². The molecule has 0 aliphatic rings. The van der Waals surface area contributed by atoms with Crippen LogP contribution in [0.15, 0.2) is 4.99 Å². The van der Waals surface area contributed by atoms with Crippen molar-refractivity contribution in [2.75, 3.05) is 40.5 Å². The van der Waals surface area contributed by atoms with Crippen LogP contribution in [0.3, 0.4) is 0 Å². The van der Waals surface area contributed by atoms with Gasteiger partial charge in [0.2, 0.25) is 5.96 Å². The molecular formula is C9H22N4O2. The minimum absolute atomic E-state index is 0.613. The van der Waals surface area contributed by atoms with E-state index in [1.165, 1.54) is 0 Å². The highest BCUT2D eigenvalue weighted by Crippen LogP contribution is 1.82. The van der Waals surface area contributed by atoms with E-state index >= 15 is 0 Å². The van der Waals surface area contributed by atoms with E-state index in [1.54, 1.807) is 14.2 Å². The fraction of sp³-hybridized carbons (Fsp3) is 0.889. The largest absolute Gasteiger partial charge is 0.385 e. The number of methoxy groups -OCH3 is 2. The summed E-state index contributed by atoms with van der Waals surface area (Å²) in [5, 5.41) is 3.07. The van der Waals surface area contributed by atoms with Gasteiger partial charge in [-0.1, -0.05) is 0 Å². The van der Waals surface area contributed by atoms with Crippen molar-refractivity contribution < 1.29 is 9.47 Å². The van der Waals surface area contributed by atoms with Crippen LogP contribution >= 0.6 is 0 Å². The average molecular weight is 218 g/mol. The second-order valence-corrected chi connectivity index (χ2v) is 2.99. The number of nitrogens with two attached hydrogens (primary N) is 1. The van der Waals surface area contributed by atoms with E-state index < -0.39 is 0 Å². The highest BCUT2D eigenvalue weighted by Gasteiger charge is 1.94. The maximum Gasteiger partial charge on any atom is 0.205 e. The van der Waals surface area contributed by atoms with Gasteiger partial charge < -0.3 is 14.8 Å². The number of hydrazine groups is 1. The Labute approximate surface area is 91.2 Å². The molecule has 0 spiro atoms. The molecule has 6 heteroatoms. The van der Waals surface area contributed by atoms with Crippen molar-refractivity contribution >= 4 is 5.96 Å². The SMILES string of the molecule is COCCCN=C(NN)NCCCOC. The van der Waals surface area contributed by atoms with Crippen LogP contribution in [0.2, 0.25) is 0 Å². The van der Waals surface area contributed by atoms with E-state index in [0.29, 0.717) is 19.1 Å². The molecule has 0 amide bonds. The summed E-state index contributed by atoms with van der Waals surface area (Å²) in [6.07, 6.45) is 1.82. The summed E-state index contributed by atoms with van der Waals surface area (Å²) in [5.41, 5.74) is 2.51. The van der Waals surface area contributed by atoms with Crippen LogP contribution in [-0.4, -0.2) is 46.5 Å². The Hall–Kier alpha value is -0.850. The predicted molar refractivity (Wildman–Crippen MR) is 60.6 cm³/mol. The van der Waals surface area contributed by atoms with E-state index in [4.69, 9.17) is 15.3 Å². The van der Waals surface area contributed by atoms with Crippen molar-refractivity contribution in [2.45, 2.75) is 12.8 Å². The van der Waals surface area contributed by atoms with Gasteiger partial charge in [-0.3, -0.25) is 10.4 Å². The highest BCUT2D eigenvalue weighted by atomic mass is 16.5. The van der Waals surface area contributed by atoms with Gasteiger partial charge in [-0.15, -0.1) is 0 Å². The van der Waals surface area contributed by atoms with E-state index in [0.717, 1.165) is 26.0 Å². The Kier molecular flexibility index (Phi) is 10.6. The summed E-state index contributed by atoms with van der Waals surface area (Å²) < 4.78 is 9.83. The van der Waals surface area contributed by atoms with Crippen molar-refractivity contribution in [3.8, 4) is 0 Å². The second-order valence-electron chi connectivity index (χ2n) is 2.99. The van der Waals surface area contributed by atoms with E-state index in [2.05, 4.69) is 15.7 Å². The molecule has 0 radical (unpaired) electrons. The molecule has 0 bridgehead atoms. The summed E-state index contributed by atoms with van der Waals surface area (Å²) in [7, 11) is 3.36. The topological polar surface area (TPSA) is 80.9 Å². The fourth-order valence-electron chi connectivity index (χ4n) is 0.976. The van der Waals surface area contributed by atoms with Crippen LogP contribution in [0.1, 0.15) is 12.8 Å². The number of nitrogens with zero attached hydrogens (tertiary/aromatic N) is 1. The molecule has 0 unspecified atom stereocenters. The smallest absolute Gasteiger partial charge is 0.205 e. The van der Waals surface area contributed by atoms with E-state index in [1.807, 2.05) is 0 Å². The first-order valence-corrected chi connectivity index (χ1v) is 5.08. The molecule has 6 nitrogen and oxygen atoms in total. The average Bonchev–Trinajstić information content (AvgIpc) is 2.27. The van der Waals surface area contributed by atoms with Crippen molar-refractivity contribution in [1.82, 2.24) is 10.7 Å². The van der Waals surface area contributed by atoms with Crippen molar-refractivity contribution in [1.29, 1.82) is 0 Å². The number of guanidine groups is 1. The number of ether oxygens (including phenoxy) is 2. The first-order valence-electron chi connectivity index (χ1n) is 5.08. The van der Waals surface area contributed by atoms with Crippen LogP contribution in [0.4, 0.5) is 0 Å². The van der Waals surface area contributed by atoms with Crippen molar-refractivity contribution in [3.63, 3.8) is 0 Å². The van der Waals surface area contributed by atoms with Crippen LogP contribution in [-0.2, 0) is 9.47 Å². The Morgan fingerprint density at radius 3 is 2.47 bits per heavy atom. The van der Waals surface area contributed by atoms with Gasteiger partial charge in [0, 0.05) is 40.5 Å². The zero-order valence-corrected chi connectivity index (χ0v) is 9.58. The quantitative estimate of drug-likeness (QED) is 0.168. The number of nitrogens with one attached hydrogen (secondary N) is 2. The summed E-state index contributed by atoms with van der Waals surface area (Å²) >= 11 is 0. The minimum Gasteiger partial charge on any atom is -0.385 e. The van der Waals surface area contributed by atoms with Crippen LogP contribution < -0.4 is 16.6 Å². The molecule has 0 heterocycles. The molecule has 0 saturated carbocycles. The van der Waals surface area contributed by atoms with Gasteiger partial charge >= 0.3 is 0 Å². The first-order chi connectivity index (χ1) is 7.35. The first kappa shape index (κ1) is 14.2. The van der Waals surface area contributed by atoms with Gasteiger partial charge in [-0.25, -0.2) is 5.84 Å². The van der Waals surface area contributed by atoms with Crippen molar-refractivity contribution in [2.24, 2.45) is 10.8 Å². The molecule has 0 saturated heterocycles. The van der Waals surface area contributed by atoms with Gasteiger partial charge in [-0.2, -0.15) is 0 Å². The van der Waals surface area contributed by atoms with Crippen LogP contribution in [0.5, 0.6) is 0 Å². The van der Waals surface area contributed by atoms with Gasteiger partial charge in [0.25, 0.3) is 0 Å². The number of hydrogen-bond donors (Lipinski definition) is 3. The number of hydrogen-bond acceptors (Lipinski definition) is 4. The summed E-state index contributed by atoms with van der Waals surface area (Å²) in [6, 6.07) is 0. The summed E-state index contributed by atoms with van der Waals surface area (Å²) in [5.74, 6) is 5.91. The van der Waals surface area contributed by atoms with Gasteiger partial charge in [0.15, 0.2) is 0 Å². The zero-order valence-electron chi connectivity index (χ0n) is 9.58. The molecule has 0 aliphatic carbocycles. The molecule has 0 aromatic carbocycles. The second kappa shape index (κ2) is 11.2. The third-order valence-corrected chi connectivity index (χ3v) is 1.73. The molecule has 0 aromatic heterocycles. The maximum atomic E-state index is 5.30. The fourth-order valence-corrected chi connectivity index (χ4v) is 0.976.